The molecule has 1 aromatic carbocycles. The molecule has 2 amide bonds. The maximum Gasteiger partial charge on any atom is 0.319 e. The van der Waals surface area contributed by atoms with Gasteiger partial charge in [-0.05, 0) is 30.4 Å². The van der Waals surface area contributed by atoms with Crippen molar-refractivity contribution in [3.63, 3.8) is 0 Å². The zero-order valence-electron chi connectivity index (χ0n) is 13.7. The zero-order chi connectivity index (χ0) is 16.2. The Labute approximate surface area is 142 Å². The number of hydrogen-bond acceptors (Lipinski definition) is 2. The van der Waals surface area contributed by atoms with Gasteiger partial charge in [0.05, 0.1) is 19.6 Å². The van der Waals surface area contributed by atoms with Crippen LogP contribution < -0.4 is 15.5 Å². The first-order chi connectivity index (χ1) is 11.2. The van der Waals surface area contributed by atoms with Crippen LogP contribution in [0.3, 0.4) is 0 Å². The van der Waals surface area contributed by atoms with Gasteiger partial charge in [-0.1, -0.05) is 12.1 Å². The minimum absolute atomic E-state index is 0.106. The van der Waals surface area contributed by atoms with Gasteiger partial charge in [0.1, 0.15) is 6.04 Å². The topological polar surface area (TPSA) is 45.6 Å². The summed E-state index contributed by atoms with van der Waals surface area (Å²) < 4.78 is 0. The molecule has 1 aromatic rings. The fraction of sp³-hybridized carbons (Fsp3) is 0.500. The summed E-state index contributed by atoms with van der Waals surface area (Å²) >= 11 is 1.67. The number of hydrogen-bond donors (Lipinski definition) is 3. The van der Waals surface area contributed by atoms with E-state index in [0.717, 1.165) is 23.0 Å². The van der Waals surface area contributed by atoms with Crippen LogP contribution in [0.5, 0.6) is 0 Å². The number of rotatable bonds is 5. The normalized spacial score (nSPS) is 29.1. The molecule has 5 heteroatoms. The van der Waals surface area contributed by atoms with E-state index in [1.807, 2.05) is 30.5 Å². The lowest BCUT2D eigenvalue weighted by Crippen LogP contribution is -3.20. The minimum Gasteiger partial charge on any atom is -0.332 e. The Morgan fingerprint density at radius 3 is 3.09 bits per heavy atom. The molecule has 3 heterocycles. The molecule has 4 rings (SSSR count). The number of carbonyl (C=O) groups excluding carboxylic acids is 1. The molecule has 0 aliphatic carbocycles. The number of urea groups is 1. The van der Waals surface area contributed by atoms with Crippen LogP contribution in [0.1, 0.15) is 12.8 Å². The standard InChI is InChI=1S/C18H25N3OS/c1-3-13-12-21-8-7-14(13)9-16(21)11-19-18(22)20-15-5-4-6-17(10-15)23-2/h3-6,10,13-14,16H,1,7-9,11-12H2,2H3,(H2,19,20,22)/p+1/t13-,14-,16+/m0/s1. The molecule has 0 spiro atoms. The molecule has 2 bridgehead atoms. The summed E-state index contributed by atoms with van der Waals surface area (Å²) in [6, 6.07) is 8.37. The second-order valence-corrected chi connectivity index (χ2v) is 7.44. The Kier molecular flexibility index (Phi) is 5.28. The third-order valence-corrected chi connectivity index (χ3v) is 5.97. The fourth-order valence-electron chi connectivity index (χ4n) is 3.95. The third kappa shape index (κ3) is 3.90. The number of anilines is 1. The van der Waals surface area contributed by atoms with E-state index in [4.69, 9.17) is 0 Å². The highest BCUT2D eigenvalue weighted by Crippen LogP contribution is 2.27. The molecule has 124 valence electrons. The van der Waals surface area contributed by atoms with Gasteiger partial charge in [-0.25, -0.2) is 4.79 Å². The average molecular weight is 332 g/mol. The lowest BCUT2D eigenvalue weighted by Gasteiger charge is -2.46. The van der Waals surface area contributed by atoms with E-state index in [9.17, 15) is 4.79 Å². The maximum absolute atomic E-state index is 12.1. The summed E-state index contributed by atoms with van der Waals surface area (Å²) in [5.74, 6) is 1.43. The van der Waals surface area contributed by atoms with Gasteiger partial charge < -0.3 is 15.5 Å². The summed E-state index contributed by atoms with van der Waals surface area (Å²) in [6.45, 7) is 7.14. The van der Waals surface area contributed by atoms with Gasteiger partial charge in [-0.2, -0.15) is 0 Å². The Hall–Kier alpha value is -1.46. The quantitative estimate of drug-likeness (QED) is 0.570. The number of benzene rings is 1. The van der Waals surface area contributed by atoms with Crippen LogP contribution >= 0.6 is 11.8 Å². The van der Waals surface area contributed by atoms with Gasteiger partial charge in [-0.3, -0.25) is 0 Å². The fourth-order valence-corrected chi connectivity index (χ4v) is 4.41. The van der Waals surface area contributed by atoms with Crippen molar-refractivity contribution in [1.82, 2.24) is 5.32 Å². The SMILES string of the molecule is C=C[C@H]1C[NH+]2CC[C@H]1C[C@@H]2CNC(=O)Nc1cccc(SC)c1. The van der Waals surface area contributed by atoms with E-state index in [1.54, 1.807) is 16.7 Å². The van der Waals surface area contributed by atoms with Crippen molar-refractivity contribution >= 4 is 23.5 Å². The number of carbonyl (C=O) groups is 1. The Morgan fingerprint density at radius 2 is 2.39 bits per heavy atom. The number of piperidine rings is 3. The molecule has 3 saturated heterocycles. The summed E-state index contributed by atoms with van der Waals surface area (Å²) in [4.78, 5) is 14.9. The van der Waals surface area contributed by atoms with E-state index < -0.39 is 0 Å². The average Bonchev–Trinajstić information content (AvgIpc) is 2.60. The molecule has 3 fully saturated rings. The molecule has 3 N–H and O–H groups in total. The van der Waals surface area contributed by atoms with Crippen LogP contribution in [0, 0.1) is 11.8 Å². The van der Waals surface area contributed by atoms with Gasteiger partial charge in [0.25, 0.3) is 0 Å². The third-order valence-electron chi connectivity index (χ3n) is 5.24. The summed E-state index contributed by atoms with van der Waals surface area (Å²) in [5, 5.41) is 5.98. The van der Waals surface area contributed by atoms with Gasteiger partial charge >= 0.3 is 6.03 Å². The van der Waals surface area contributed by atoms with Crippen molar-refractivity contribution in [3.8, 4) is 0 Å². The van der Waals surface area contributed by atoms with Crippen LogP contribution in [0.15, 0.2) is 41.8 Å². The first-order valence-electron chi connectivity index (χ1n) is 8.35. The van der Waals surface area contributed by atoms with E-state index in [1.165, 1.54) is 25.9 Å². The molecule has 0 aromatic heterocycles. The molecule has 0 saturated carbocycles. The predicted molar refractivity (Wildman–Crippen MR) is 96.1 cm³/mol. The van der Waals surface area contributed by atoms with Crippen molar-refractivity contribution in [2.75, 3.05) is 31.2 Å². The number of amides is 2. The van der Waals surface area contributed by atoms with Crippen LogP contribution in [0.4, 0.5) is 10.5 Å². The van der Waals surface area contributed by atoms with E-state index in [-0.39, 0.29) is 6.03 Å². The number of nitrogens with one attached hydrogen (secondary N) is 3. The molecule has 4 atom stereocenters. The first-order valence-corrected chi connectivity index (χ1v) is 9.58. The highest BCUT2D eigenvalue weighted by atomic mass is 32.2. The van der Waals surface area contributed by atoms with Gasteiger partial charge in [0, 0.05) is 29.3 Å². The van der Waals surface area contributed by atoms with Crippen molar-refractivity contribution < 1.29 is 9.69 Å². The maximum atomic E-state index is 12.1. The van der Waals surface area contributed by atoms with Crippen molar-refractivity contribution in [2.45, 2.75) is 23.8 Å². The molecular weight excluding hydrogens is 306 g/mol. The Balaban J connectivity index is 1.49. The van der Waals surface area contributed by atoms with Gasteiger partial charge in [-0.15, -0.1) is 18.3 Å². The van der Waals surface area contributed by atoms with Gasteiger partial charge in [0.15, 0.2) is 0 Å². The van der Waals surface area contributed by atoms with Crippen molar-refractivity contribution in [1.29, 1.82) is 0 Å². The van der Waals surface area contributed by atoms with Crippen molar-refractivity contribution in [3.05, 3.63) is 36.9 Å². The number of thioether (sulfide) groups is 1. The number of quaternary nitrogens is 1. The molecule has 23 heavy (non-hydrogen) atoms. The minimum atomic E-state index is -0.106. The molecule has 3 aliphatic rings. The van der Waals surface area contributed by atoms with Crippen LogP contribution in [0.25, 0.3) is 0 Å². The zero-order valence-corrected chi connectivity index (χ0v) is 14.5. The highest BCUT2D eigenvalue weighted by molar-refractivity contribution is 7.98. The summed E-state index contributed by atoms with van der Waals surface area (Å²) in [6.07, 6.45) is 6.66. The second-order valence-electron chi connectivity index (χ2n) is 6.56. The van der Waals surface area contributed by atoms with E-state index >= 15 is 0 Å². The lowest BCUT2D eigenvalue weighted by atomic mass is 9.75. The second kappa shape index (κ2) is 7.41. The predicted octanol–water partition coefficient (Wildman–Crippen LogP) is 2.01. The molecule has 1 unspecified atom stereocenters. The Bertz CT molecular complexity index is 577. The van der Waals surface area contributed by atoms with Gasteiger partial charge in [0.2, 0.25) is 0 Å². The largest absolute Gasteiger partial charge is 0.332 e. The molecule has 3 aliphatic heterocycles. The monoisotopic (exact) mass is 332 g/mol. The van der Waals surface area contributed by atoms with Crippen LogP contribution in [-0.2, 0) is 0 Å². The smallest absolute Gasteiger partial charge is 0.319 e. The van der Waals surface area contributed by atoms with Crippen molar-refractivity contribution in [2.24, 2.45) is 11.8 Å². The summed E-state index contributed by atoms with van der Waals surface area (Å²) in [7, 11) is 0. The molecule has 4 nitrogen and oxygen atoms in total. The first kappa shape index (κ1) is 16.4. The van der Waals surface area contributed by atoms with Crippen LogP contribution in [0.2, 0.25) is 0 Å². The summed E-state index contributed by atoms with van der Waals surface area (Å²) in [5.41, 5.74) is 0.846. The van der Waals surface area contributed by atoms with Crippen LogP contribution in [-0.4, -0.2) is 38.0 Å². The lowest BCUT2D eigenvalue weighted by molar-refractivity contribution is -0.944. The Morgan fingerprint density at radius 1 is 1.52 bits per heavy atom. The number of fused-ring (bicyclic) bond motifs is 3. The van der Waals surface area contributed by atoms with E-state index in [2.05, 4.69) is 23.3 Å². The van der Waals surface area contributed by atoms with E-state index in [0.29, 0.717) is 12.0 Å². The molecular formula is C18H26N3OS+. The highest BCUT2D eigenvalue weighted by Gasteiger charge is 2.42. The molecule has 0 radical (unpaired) electrons.